The molecule has 0 spiro atoms. The molecule has 1 aromatic carbocycles. The van der Waals surface area contributed by atoms with Crippen molar-refractivity contribution in [1.29, 1.82) is 0 Å². The van der Waals surface area contributed by atoms with Crippen molar-refractivity contribution in [1.82, 2.24) is 4.98 Å². The summed E-state index contributed by atoms with van der Waals surface area (Å²) in [6.07, 6.45) is 1.78. The van der Waals surface area contributed by atoms with Crippen LogP contribution in [-0.2, 0) is 6.54 Å². The van der Waals surface area contributed by atoms with Gasteiger partial charge < -0.3 is 15.4 Å². The van der Waals surface area contributed by atoms with Crippen LogP contribution in [0.15, 0.2) is 36.5 Å². The van der Waals surface area contributed by atoms with Gasteiger partial charge in [-0.1, -0.05) is 0 Å². The van der Waals surface area contributed by atoms with Gasteiger partial charge in [0.15, 0.2) is 0 Å². The molecule has 0 fully saturated rings. The lowest BCUT2D eigenvalue weighted by atomic mass is 10.2. The summed E-state index contributed by atoms with van der Waals surface area (Å²) >= 11 is 0. The Balaban J connectivity index is 2.17. The molecule has 17 heavy (non-hydrogen) atoms. The summed E-state index contributed by atoms with van der Waals surface area (Å²) < 4.78 is 0. The van der Waals surface area contributed by atoms with Gasteiger partial charge in [-0.25, -0.2) is 0 Å². The predicted octanol–water partition coefficient (Wildman–Crippen LogP) is 2.24. The topological polar surface area (TPSA) is 91.2 Å². The van der Waals surface area contributed by atoms with Crippen molar-refractivity contribution in [3.8, 4) is 5.75 Å². The summed E-state index contributed by atoms with van der Waals surface area (Å²) in [6, 6.07) is 7.74. The second kappa shape index (κ2) is 4.56. The molecule has 0 atom stereocenters. The minimum atomic E-state index is -0.531. The molecule has 1 aromatic heterocycles. The highest BCUT2D eigenvalue weighted by atomic mass is 16.6. The maximum Gasteiger partial charge on any atom is 0.296 e. The number of H-pyrrole nitrogens is 1. The van der Waals surface area contributed by atoms with Crippen LogP contribution in [0.5, 0.6) is 5.75 Å². The molecule has 0 unspecified atom stereocenters. The van der Waals surface area contributed by atoms with E-state index in [1.165, 1.54) is 12.1 Å². The van der Waals surface area contributed by atoms with E-state index in [4.69, 9.17) is 0 Å². The number of hydrogen-bond acceptors (Lipinski definition) is 4. The zero-order valence-corrected chi connectivity index (χ0v) is 8.88. The third kappa shape index (κ3) is 2.54. The molecule has 88 valence electrons. The molecule has 0 aliphatic rings. The van der Waals surface area contributed by atoms with Crippen LogP contribution in [0, 0.1) is 10.1 Å². The Kier molecular flexibility index (Phi) is 2.95. The van der Waals surface area contributed by atoms with Crippen molar-refractivity contribution in [2.45, 2.75) is 6.54 Å². The molecule has 0 saturated carbocycles. The average Bonchev–Trinajstić information content (AvgIpc) is 2.80. The molecule has 0 bridgehead atoms. The highest BCUT2D eigenvalue weighted by molar-refractivity contribution is 5.63. The lowest BCUT2D eigenvalue weighted by Crippen LogP contribution is -2.02. The number of aromatic nitrogens is 1. The van der Waals surface area contributed by atoms with Gasteiger partial charge in [0.05, 0.1) is 17.5 Å². The Morgan fingerprint density at radius 1 is 1.41 bits per heavy atom. The van der Waals surface area contributed by atoms with Crippen LogP contribution in [0.2, 0.25) is 0 Å². The lowest BCUT2D eigenvalue weighted by molar-refractivity contribution is -0.384. The van der Waals surface area contributed by atoms with Crippen LogP contribution in [0.25, 0.3) is 0 Å². The van der Waals surface area contributed by atoms with Crippen LogP contribution in [0.3, 0.4) is 0 Å². The predicted molar refractivity (Wildman–Crippen MR) is 62.9 cm³/mol. The van der Waals surface area contributed by atoms with E-state index in [2.05, 4.69) is 10.3 Å². The standard InChI is InChI=1S/C11H11N3O3/c15-9-3-4-10(11(6-9)14(16)17)13-7-8-2-1-5-12-8/h1-6,12-13,15H,7H2. The number of nitrogens with one attached hydrogen (secondary N) is 2. The molecular weight excluding hydrogens is 222 g/mol. The normalized spacial score (nSPS) is 10.1. The highest BCUT2D eigenvalue weighted by Crippen LogP contribution is 2.28. The van der Waals surface area contributed by atoms with Gasteiger partial charge in [0.1, 0.15) is 11.4 Å². The van der Waals surface area contributed by atoms with Gasteiger partial charge >= 0.3 is 0 Å². The Morgan fingerprint density at radius 2 is 2.24 bits per heavy atom. The molecule has 3 N–H and O–H groups in total. The molecule has 0 amide bonds. The van der Waals surface area contributed by atoms with E-state index in [0.29, 0.717) is 12.2 Å². The maximum absolute atomic E-state index is 10.8. The molecule has 2 aromatic rings. The summed E-state index contributed by atoms with van der Waals surface area (Å²) in [5.41, 5.74) is 1.16. The zero-order chi connectivity index (χ0) is 12.3. The van der Waals surface area contributed by atoms with E-state index in [-0.39, 0.29) is 11.4 Å². The molecule has 6 heteroatoms. The van der Waals surface area contributed by atoms with Crippen molar-refractivity contribution in [3.05, 3.63) is 52.3 Å². The number of aromatic amines is 1. The summed E-state index contributed by atoms with van der Waals surface area (Å²) in [7, 11) is 0. The van der Waals surface area contributed by atoms with Crippen molar-refractivity contribution in [2.75, 3.05) is 5.32 Å². The molecule has 0 aliphatic carbocycles. The number of rotatable bonds is 4. The second-order valence-corrected chi connectivity index (χ2v) is 3.51. The third-order valence-corrected chi connectivity index (χ3v) is 2.31. The maximum atomic E-state index is 10.8. The Labute approximate surface area is 97.1 Å². The van der Waals surface area contributed by atoms with E-state index in [1.807, 2.05) is 12.1 Å². The molecule has 2 rings (SSSR count). The summed E-state index contributed by atoms with van der Waals surface area (Å²) in [6.45, 7) is 0.457. The van der Waals surface area contributed by atoms with E-state index in [1.54, 1.807) is 6.20 Å². The summed E-state index contributed by atoms with van der Waals surface area (Å²) in [4.78, 5) is 13.2. The Hall–Kier alpha value is -2.50. The quantitative estimate of drug-likeness (QED) is 0.429. The number of hydrogen-bond donors (Lipinski definition) is 3. The second-order valence-electron chi connectivity index (χ2n) is 3.51. The van der Waals surface area contributed by atoms with Crippen LogP contribution >= 0.6 is 0 Å². The first-order valence-electron chi connectivity index (χ1n) is 5.00. The number of nitrogens with zero attached hydrogens (tertiary/aromatic N) is 1. The van der Waals surface area contributed by atoms with Gasteiger partial charge in [0.2, 0.25) is 0 Å². The van der Waals surface area contributed by atoms with Crippen LogP contribution in [0.1, 0.15) is 5.69 Å². The minimum absolute atomic E-state index is 0.123. The highest BCUT2D eigenvalue weighted by Gasteiger charge is 2.14. The lowest BCUT2D eigenvalue weighted by Gasteiger charge is -2.06. The van der Waals surface area contributed by atoms with Crippen molar-refractivity contribution < 1.29 is 10.0 Å². The average molecular weight is 233 g/mol. The van der Waals surface area contributed by atoms with Gasteiger partial charge in [0, 0.05) is 11.9 Å². The summed E-state index contributed by atoms with van der Waals surface area (Å²) in [5, 5.41) is 22.9. The van der Waals surface area contributed by atoms with Gasteiger partial charge in [-0.3, -0.25) is 10.1 Å². The number of phenols is 1. The molecule has 0 radical (unpaired) electrons. The first kappa shape index (κ1) is 11.0. The summed E-state index contributed by atoms with van der Waals surface area (Å²) in [5.74, 6) is -0.123. The van der Waals surface area contributed by atoms with Gasteiger partial charge in [-0.15, -0.1) is 0 Å². The first-order valence-corrected chi connectivity index (χ1v) is 5.00. The van der Waals surface area contributed by atoms with Gasteiger partial charge in [0.25, 0.3) is 5.69 Å². The fraction of sp³-hybridized carbons (Fsp3) is 0.0909. The van der Waals surface area contributed by atoms with E-state index < -0.39 is 4.92 Å². The Morgan fingerprint density at radius 3 is 2.88 bits per heavy atom. The number of aromatic hydroxyl groups is 1. The van der Waals surface area contributed by atoms with Crippen LogP contribution < -0.4 is 5.32 Å². The van der Waals surface area contributed by atoms with E-state index >= 15 is 0 Å². The number of nitro benzene ring substituents is 1. The SMILES string of the molecule is O=[N+]([O-])c1cc(O)ccc1NCc1ccc[nH]1. The van der Waals surface area contributed by atoms with E-state index in [9.17, 15) is 15.2 Å². The number of phenolic OH excluding ortho intramolecular Hbond substituents is 1. The molecule has 0 aliphatic heterocycles. The smallest absolute Gasteiger partial charge is 0.296 e. The monoisotopic (exact) mass is 233 g/mol. The Bertz CT molecular complexity index is 523. The largest absolute Gasteiger partial charge is 0.508 e. The number of benzene rings is 1. The van der Waals surface area contributed by atoms with Gasteiger partial charge in [-0.2, -0.15) is 0 Å². The zero-order valence-electron chi connectivity index (χ0n) is 8.88. The van der Waals surface area contributed by atoms with Crippen LogP contribution in [0.4, 0.5) is 11.4 Å². The molecular formula is C11H11N3O3. The minimum Gasteiger partial charge on any atom is -0.508 e. The van der Waals surface area contributed by atoms with Crippen molar-refractivity contribution in [2.24, 2.45) is 0 Å². The first-order chi connectivity index (χ1) is 8.16. The van der Waals surface area contributed by atoms with Crippen LogP contribution in [-0.4, -0.2) is 15.0 Å². The van der Waals surface area contributed by atoms with E-state index in [0.717, 1.165) is 11.8 Å². The van der Waals surface area contributed by atoms with Crippen molar-refractivity contribution >= 4 is 11.4 Å². The molecule has 0 saturated heterocycles. The fourth-order valence-electron chi connectivity index (χ4n) is 1.49. The number of nitro groups is 1. The third-order valence-electron chi connectivity index (χ3n) is 2.31. The fourth-order valence-corrected chi connectivity index (χ4v) is 1.49. The molecule has 6 nitrogen and oxygen atoms in total. The van der Waals surface area contributed by atoms with Gasteiger partial charge in [-0.05, 0) is 24.3 Å². The molecule has 1 heterocycles. The number of anilines is 1. The van der Waals surface area contributed by atoms with Crippen molar-refractivity contribution in [3.63, 3.8) is 0 Å².